The highest BCUT2D eigenvalue weighted by Crippen LogP contribution is 2.26. The number of para-hydroxylation sites is 2. The summed E-state index contributed by atoms with van der Waals surface area (Å²) in [6.07, 6.45) is 6.48. The van der Waals surface area contributed by atoms with Crippen LogP contribution in [0.15, 0.2) is 24.3 Å². The zero-order valence-corrected chi connectivity index (χ0v) is 11.0. The maximum Gasteiger partial charge on any atom is 0.257 e. The van der Waals surface area contributed by atoms with Gasteiger partial charge in [0, 0.05) is 0 Å². The molecule has 0 spiro atoms. The summed E-state index contributed by atoms with van der Waals surface area (Å²) >= 11 is 0. The predicted molar refractivity (Wildman–Crippen MR) is 76.0 cm³/mol. The van der Waals surface area contributed by atoms with E-state index in [0.717, 1.165) is 11.0 Å². The summed E-state index contributed by atoms with van der Waals surface area (Å²) in [5, 5.41) is 0. The Balaban J connectivity index is 1.74. The summed E-state index contributed by atoms with van der Waals surface area (Å²) in [5.41, 5.74) is 7.54. The summed E-state index contributed by atoms with van der Waals surface area (Å²) < 4.78 is 5.79. The van der Waals surface area contributed by atoms with E-state index in [9.17, 15) is 0 Å². The van der Waals surface area contributed by atoms with E-state index in [2.05, 4.69) is 9.97 Å². The van der Waals surface area contributed by atoms with Crippen molar-refractivity contribution in [2.75, 3.05) is 12.3 Å². The highest BCUT2D eigenvalue weighted by Gasteiger charge is 2.15. The van der Waals surface area contributed by atoms with Crippen LogP contribution < -0.4 is 10.5 Å². The van der Waals surface area contributed by atoms with Crippen molar-refractivity contribution in [1.82, 2.24) is 9.97 Å². The summed E-state index contributed by atoms with van der Waals surface area (Å²) in [7, 11) is 0. The Kier molecular flexibility index (Phi) is 3.49. The Labute approximate surface area is 113 Å². The van der Waals surface area contributed by atoms with E-state index in [1.807, 2.05) is 24.3 Å². The Morgan fingerprint density at radius 1 is 1.05 bits per heavy atom. The molecule has 4 heteroatoms. The lowest BCUT2D eigenvalue weighted by Crippen LogP contribution is -2.16. The van der Waals surface area contributed by atoms with Gasteiger partial charge < -0.3 is 10.5 Å². The van der Waals surface area contributed by atoms with Gasteiger partial charge >= 0.3 is 0 Å². The second-order valence-electron chi connectivity index (χ2n) is 5.22. The molecule has 2 N–H and O–H groups in total. The van der Waals surface area contributed by atoms with E-state index in [1.54, 1.807) is 0 Å². The van der Waals surface area contributed by atoms with Crippen LogP contribution in [0.1, 0.15) is 32.1 Å². The Morgan fingerprint density at radius 3 is 2.47 bits per heavy atom. The fraction of sp³-hybridized carbons (Fsp3) is 0.467. The van der Waals surface area contributed by atoms with Crippen LogP contribution in [-0.4, -0.2) is 16.6 Å². The molecule has 1 aliphatic carbocycles. The Morgan fingerprint density at radius 2 is 1.74 bits per heavy atom. The molecule has 0 unspecified atom stereocenters. The highest BCUT2D eigenvalue weighted by atomic mass is 16.5. The smallest absolute Gasteiger partial charge is 0.257 e. The van der Waals surface area contributed by atoms with E-state index in [4.69, 9.17) is 10.5 Å². The summed E-state index contributed by atoms with van der Waals surface area (Å²) in [6, 6.07) is 7.70. The first-order valence-corrected chi connectivity index (χ1v) is 6.98. The van der Waals surface area contributed by atoms with Gasteiger partial charge in [-0.15, -0.1) is 0 Å². The number of hydrogen-bond donors (Lipinski definition) is 1. The molecule has 0 bridgehead atoms. The molecule has 1 fully saturated rings. The first-order valence-electron chi connectivity index (χ1n) is 6.98. The van der Waals surface area contributed by atoms with Crippen LogP contribution in [0, 0.1) is 5.92 Å². The monoisotopic (exact) mass is 257 g/mol. The van der Waals surface area contributed by atoms with Gasteiger partial charge in [-0.1, -0.05) is 31.4 Å². The molecule has 4 nitrogen and oxygen atoms in total. The standard InChI is InChI=1S/C15H19N3O/c16-14-15(19-10-11-6-2-1-3-7-11)18-13-9-5-4-8-12(13)17-14/h4-5,8-9,11H,1-3,6-7,10H2,(H2,16,17). The third kappa shape index (κ3) is 2.78. The highest BCUT2D eigenvalue weighted by molar-refractivity contribution is 5.76. The average molecular weight is 257 g/mol. The predicted octanol–water partition coefficient (Wildman–Crippen LogP) is 3.17. The quantitative estimate of drug-likeness (QED) is 0.917. The van der Waals surface area contributed by atoms with Crippen LogP contribution in [-0.2, 0) is 0 Å². The van der Waals surface area contributed by atoms with Gasteiger partial charge in [0.1, 0.15) is 0 Å². The van der Waals surface area contributed by atoms with Crippen molar-refractivity contribution in [3.63, 3.8) is 0 Å². The number of anilines is 1. The van der Waals surface area contributed by atoms with Crippen LogP contribution in [0.25, 0.3) is 11.0 Å². The van der Waals surface area contributed by atoms with Crippen molar-refractivity contribution in [3.8, 4) is 5.88 Å². The third-order valence-corrected chi connectivity index (χ3v) is 3.74. The molecule has 1 aromatic carbocycles. The Hall–Kier alpha value is -1.84. The first kappa shape index (κ1) is 12.2. The SMILES string of the molecule is Nc1nc2ccccc2nc1OCC1CCCCC1. The lowest BCUT2D eigenvalue weighted by atomic mass is 9.90. The Bertz CT molecular complexity index is 564. The molecule has 3 rings (SSSR count). The maximum absolute atomic E-state index is 5.90. The lowest BCUT2D eigenvalue weighted by Gasteiger charge is -2.21. The van der Waals surface area contributed by atoms with Gasteiger partial charge in [0.25, 0.3) is 5.88 Å². The fourth-order valence-electron chi connectivity index (χ4n) is 2.65. The van der Waals surface area contributed by atoms with Crippen molar-refractivity contribution < 1.29 is 4.74 Å². The molecule has 100 valence electrons. The van der Waals surface area contributed by atoms with Gasteiger partial charge in [-0.3, -0.25) is 0 Å². The number of fused-ring (bicyclic) bond motifs is 1. The molecule has 0 atom stereocenters. The maximum atomic E-state index is 5.90. The summed E-state index contributed by atoms with van der Waals surface area (Å²) in [4.78, 5) is 8.78. The van der Waals surface area contributed by atoms with Gasteiger partial charge in [0.05, 0.1) is 17.6 Å². The first-order chi connectivity index (χ1) is 9.33. The van der Waals surface area contributed by atoms with Gasteiger partial charge in [0.2, 0.25) is 0 Å². The van der Waals surface area contributed by atoms with E-state index in [0.29, 0.717) is 24.2 Å². The summed E-state index contributed by atoms with van der Waals surface area (Å²) in [6.45, 7) is 0.706. The number of ether oxygens (including phenoxy) is 1. The van der Waals surface area contributed by atoms with E-state index in [-0.39, 0.29) is 0 Å². The number of rotatable bonds is 3. The van der Waals surface area contributed by atoms with Gasteiger partial charge in [0.15, 0.2) is 5.82 Å². The second-order valence-corrected chi connectivity index (χ2v) is 5.22. The number of hydrogen-bond acceptors (Lipinski definition) is 4. The number of nitrogen functional groups attached to an aromatic ring is 1. The van der Waals surface area contributed by atoms with Gasteiger partial charge in [-0.25, -0.2) is 9.97 Å². The largest absolute Gasteiger partial charge is 0.475 e. The molecule has 0 radical (unpaired) electrons. The topological polar surface area (TPSA) is 61.0 Å². The normalized spacial score (nSPS) is 16.6. The van der Waals surface area contributed by atoms with Crippen LogP contribution in [0.4, 0.5) is 5.82 Å². The van der Waals surface area contributed by atoms with E-state index >= 15 is 0 Å². The second kappa shape index (κ2) is 5.43. The van der Waals surface area contributed by atoms with Crippen molar-refractivity contribution in [1.29, 1.82) is 0 Å². The zero-order valence-electron chi connectivity index (χ0n) is 11.0. The molecule has 0 saturated heterocycles. The molecule has 0 amide bonds. The third-order valence-electron chi connectivity index (χ3n) is 3.74. The van der Waals surface area contributed by atoms with Crippen molar-refractivity contribution >= 4 is 16.9 Å². The molecular weight excluding hydrogens is 238 g/mol. The molecule has 1 aromatic heterocycles. The minimum absolute atomic E-state index is 0.384. The molecule has 1 heterocycles. The van der Waals surface area contributed by atoms with E-state index in [1.165, 1.54) is 32.1 Å². The van der Waals surface area contributed by atoms with Crippen LogP contribution in [0.5, 0.6) is 5.88 Å². The van der Waals surface area contributed by atoms with Crippen molar-refractivity contribution in [2.45, 2.75) is 32.1 Å². The molecule has 2 aromatic rings. The van der Waals surface area contributed by atoms with Crippen molar-refractivity contribution in [2.24, 2.45) is 5.92 Å². The lowest BCUT2D eigenvalue weighted by molar-refractivity contribution is 0.204. The number of nitrogens with zero attached hydrogens (tertiary/aromatic N) is 2. The molecule has 19 heavy (non-hydrogen) atoms. The fourth-order valence-corrected chi connectivity index (χ4v) is 2.65. The van der Waals surface area contributed by atoms with Gasteiger partial charge in [-0.2, -0.15) is 0 Å². The van der Waals surface area contributed by atoms with E-state index < -0.39 is 0 Å². The molecule has 1 saturated carbocycles. The van der Waals surface area contributed by atoms with Crippen LogP contribution in [0.3, 0.4) is 0 Å². The summed E-state index contributed by atoms with van der Waals surface area (Å²) in [5.74, 6) is 1.50. The minimum Gasteiger partial charge on any atom is -0.475 e. The minimum atomic E-state index is 0.384. The van der Waals surface area contributed by atoms with Crippen molar-refractivity contribution in [3.05, 3.63) is 24.3 Å². The molecule has 1 aliphatic rings. The average Bonchev–Trinajstić information content (AvgIpc) is 2.46. The van der Waals surface area contributed by atoms with Gasteiger partial charge in [-0.05, 0) is 30.9 Å². The molecule has 0 aliphatic heterocycles. The van der Waals surface area contributed by atoms with Crippen LogP contribution >= 0.6 is 0 Å². The zero-order chi connectivity index (χ0) is 13.1. The number of nitrogens with two attached hydrogens (primary N) is 1. The molecular formula is C15H19N3O. The number of benzene rings is 1. The number of aromatic nitrogens is 2. The van der Waals surface area contributed by atoms with Crippen LogP contribution in [0.2, 0.25) is 0 Å².